The molecule has 2 heterocycles. The van der Waals surface area contributed by atoms with E-state index in [1.54, 1.807) is 23.3 Å². The molecule has 0 atom stereocenters. The Morgan fingerprint density at radius 3 is 2.92 bits per heavy atom. The average Bonchev–Trinajstić information content (AvgIpc) is 3.06. The lowest BCUT2D eigenvalue weighted by Gasteiger charge is -2.05. The monoisotopic (exact) mass is 359 g/mol. The Kier molecular flexibility index (Phi) is 5.32. The second-order valence-electron chi connectivity index (χ2n) is 5.33. The lowest BCUT2D eigenvalue weighted by molar-refractivity contribution is 0.0954. The van der Waals surface area contributed by atoms with Gasteiger partial charge in [-0.25, -0.2) is 4.98 Å². The first-order chi connectivity index (χ1) is 11.6. The molecular formula is C17H17N3O2S2. The van der Waals surface area contributed by atoms with Gasteiger partial charge in [-0.2, -0.15) is 11.8 Å². The van der Waals surface area contributed by atoms with E-state index in [2.05, 4.69) is 41.5 Å². The van der Waals surface area contributed by atoms with Gasteiger partial charge < -0.3 is 5.32 Å². The molecule has 0 unspecified atom stereocenters. The maximum Gasteiger partial charge on any atom is 0.271 e. The quantitative estimate of drug-likeness (QED) is 0.688. The van der Waals surface area contributed by atoms with Gasteiger partial charge in [-0.3, -0.25) is 14.0 Å². The number of hydrogen-bond acceptors (Lipinski definition) is 5. The summed E-state index contributed by atoms with van der Waals surface area (Å²) in [5, 5.41) is 4.55. The molecule has 0 aliphatic rings. The molecule has 1 aromatic carbocycles. The first-order valence-electron chi connectivity index (χ1n) is 7.51. The molecule has 0 saturated heterocycles. The summed E-state index contributed by atoms with van der Waals surface area (Å²) in [6.45, 7) is 2.58. The zero-order valence-corrected chi connectivity index (χ0v) is 14.8. The van der Waals surface area contributed by atoms with Crippen molar-refractivity contribution >= 4 is 34.0 Å². The van der Waals surface area contributed by atoms with Crippen molar-refractivity contribution in [2.24, 2.45) is 0 Å². The number of aryl methyl sites for hydroxylation is 1. The van der Waals surface area contributed by atoms with Crippen LogP contribution in [-0.2, 0) is 5.75 Å². The molecule has 0 aliphatic heterocycles. The van der Waals surface area contributed by atoms with E-state index >= 15 is 0 Å². The molecule has 24 heavy (non-hydrogen) atoms. The highest BCUT2D eigenvalue weighted by atomic mass is 32.2. The SMILES string of the molecule is Cc1ccc(CSCCNC(=O)c2cnc3sccn3c2=O)cc1. The van der Waals surface area contributed by atoms with Crippen LogP contribution in [0, 0.1) is 6.92 Å². The van der Waals surface area contributed by atoms with Crippen LogP contribution in [0.3, 0.4) is 0 Å². The zero-order valence-electron chi connectivity index (χ0n) is 13.2. The zero-order chi connectivity index (χ0) is 16.9. The largest absolute Gasteiger partial charge is 0.351 e. The van der Waals surface area contributed by atoms with Gasteiger partial charge in [0.15, 0.2) is 4.96 Å². The number of thioether (sulfide) groups is 1. The predicted octanol–water partition coefficient (Wildman–Crippen LogP) is 2.73. The van der Waals surface area contributed by atoms with Gasteiger partial charge >= 0.3 is 0 Å². The fraction of sp³-hybridized carbons (Fsp3) is 0.235. The number of fused-ring (bicyclic) bond motifs is 1. The predicted molar refractivity (Wildman–Crippen MR) is 99.0 cm³/mol. The van der Waals surface area contributed by atoms with Gasteiger partial charge in [0.25, 0.3) is 11.5 Å². The third-order valence-corrected chi connectivity index (χ3v) is 5.31. The molecule has 0 bridgehead atoms. The topological polar surface area (TPSA) is 63.5 Å². The number of amides is 1. The van der Waals surface area contributed by atoms with Crippen molar-refractivity contribution in [3.8, 4) is 0 Å². The van der Waals surface area contributed by atoms with Gasteiger partial charge in [0.1, 0.15) is 5.56 Å². The second-order valence-corrected chi connectivity index (χ2v) is 7.30. The summed E-state index contributed by atoms with van der Waals surface area (Å²) >= 11 is 3.11. The summed E-state index contributed by atoms with van der Waals surface area (Å²) in [7, 11) is 0. The Hall–Kier alpha value is -2.12. The number of nitrogens with zero attached hydrogens (tertiary/aromatic N) is 2. The Bertz CT molecular complexity index is 900. The van der Waals surface area contributed by atoms with E-state index in [-0.39, 0.29) is 17.0 Å². The highest BCUT2D eigenvalue weighted by Gasteiger charge is 2.13. The number of hydrogen-bond donors (Lipinski definition) is 1. The maximum absolute atomic E-state index is 12.2. The van der Waals surface area contributed by atoms with E-state index in [0.717, 1.165) is 11.5 Å². The summed E-state index contributed by atoms with van der Waals surface area (Å²) in [6, 6.07) is 8.42. The molecule has 7 heteroatoms. The fourth-order valence-corrected chi connectivity index (χ4v) is 3.68. The van der Waals surface area contributed by atoms with Crippen LogP contribution in [0.25, 0.3) is 4.96 Å². The van der Waals surface area contributed by atoms with E-state index in [1.807, 2.05) is 0 Å². The maximum atomic E-state index is 12.2. The summed E-state index contributed by atoms with van der Waals surface area (Å²) < 4.78 is 1.39. The normalized spacial score (nSPS) is 10.9. The molecule has 0 radical (unpaired) electrons. The highest BCUT2D eigenvalue weighted by molar-refractivity contribution is 7.98. The van der Waals surface area contributed by atoms with Crippen LogP contribution in [0.15, 0.2) is 46.8 Å². The molecule has 2 aromatic heterocycles. The lowest BCUT2D eigenvalue weighted by Crippen LogP contribution is -2.32. The average molecular weight is 359 g/mol. The van der Waals surface area contributed by atoms with Crippen molar-refractivity contribution in [1.82, 2.24) is 14.7 Å². The molecule has 0 saturated carbocycles. The summed E-state index contributed by atoms with van der Waals surface area (Å²) in [5.41, 5.74) is 2.27. The van der Waals surface area contributed by atoms with Gasteiger partial charge in [-0.1, -0.05) is 29.8 Å². The van der Waals surface area contributed by atoms with E-state index in [9.17, 15) is 9.59 Å². The third kappa shape index (κ3) is 3.85. The van der Waals surface area contributed by atoms with Gasteiger partial charge in [0.05, 0.1) is 0 Å². The number of nitrogens with one attached hydrogen (secondary N) is 1. The molecule has 3 rings (SSSR count). The minimum Gasteiger partial charge on any atom is -0.351 e. The molecular weight excluding hydrogens is 342 g/mol. The third-order valence-electron chi connectivity index (χ3n) is 3.51. The van der Waals surface area contributed by atoms with Crippen LogP contribution in [0.1, 0.15) is 21.5 Å². The minimum absolute atomic E-state index is 0.0782. The smallest absolute Gasteiger partial charge is 0.271 e. The van der Waals surface area contributed by atoms with Crippen LogP contribution < -0.4 is 10.9 Å². The van der Waals surface area contributed by atoms with Gasteiger partial charge in [0, 0.05) is 35.8 Å². The summed E-state index contributed by atoms with van der Waals surface area (Å²) in [4.78, 5) is 29.0. The van der Waals surface area contributed by atoms with E-state index < -0.39 is 0 Å². The van der Waals surface area contributed by atoms with Gasteiger partial charge in [-0.15, -0.1) is 11.3 Å². The Morgan fingerprint density at radius 2 is 2.12 bits per heavy atom. The lowest BCUT2D eigenvalue weighted by atomic mass is 10.2. The van der Waals surface area contributed by atoms with Crippen molar-refractivity contribution in [1.29, 1.82) is 0 Å². The molecule has 0 spiro atoms. The van der Waals surface area contributed by atoms with E-state index in [0.29, 0.717) is 11.5 Å². The van der Waals surface area contributed by atoms with Crippen LogP contribution >= 0.6 is 23.1 Å². The highest BCUT2D eigenvalue weighted by Crippen LogP contribution is 2.12. The van der Waals surface area contributed by atoms with Crippen LogP contribution in [-0.4, -0.2) is 27.6 Å². The molecule has 0 fully saturated rings. The number of aromatic nitrogens is 2. The minimum atomic E-state index is -0.371. The molecule has 1 amide bonds. The first kappa shape index (κ1) is 16.7. The molecule has 1 N–H and O–H groups in total. The van der Waals surface area contributed by atoms with Crippen molar-refractivity contribution in [3.63, 3.8) is 0 Å². The molecule has 0 aliphatic carbocycles. The fourth-order valence-electron chi connectivity index (χ4n) is 2.19. The summed E-state index contributed by atoms with van der Waals surface area (Å²) in [6.07, 6.45) is 2.98. The Labute approximate surface area is 147 Å². The summed E-state index contributed by atoms with van der Waals surface area (Å²) in [5.74, 6) is 1.32. The number of carbonyl (C=O) groups is 1. The van der Waals surface area contributed by atoms with Crippen LogP contribution in [0.2, 0.25) is 0 Å². The van der Waals surface area contributed by atoms with Crippen molar-refractivity contribution in [3.05, 3.63) is 69.1 Å². The molecule has 3 aromatic rings. The standard InChI is InChI=1S/C17H17N3O2S2/c1-12-2-4-13(5-3-12)11-23-8-6-18-15(21)14-10-19-17-20(16(14)22)7-9-24-17/h2-5,7,9-10H,6,8,11H2,1H3,(H,18,21). The van der Waals surface area contributed by atoms with Gasteiger partial charge in [-0.05, 0) is 12.5 Å². The Balaban J connectivity index is 1.49. The first-order valence-corrected chi connectivity index (χ1v) is 9.55. The Morgan fingerprint density at radius 1 is 1.33 bits per heavy atom. The molecule has 124 valence electrons. The number of carbonyl (C=O) groups excluding carboxylic acids is 1. The number of thiazole rings is 1. The van der Waals surface area contributed by atoms with Crippen molar-refractivity contribution < 1.29 is 4.79 Å². The second kappa shape index (κ2) is 7.63. The van der Waals surface area contributed by atoms with Crippen LogP contribution in [0.4, 0.5) is 0 Å². The van der Waals surface area contributed by atoms with Gasteiger partial charge in [0.2, 0.25) is 0 Å². The van der Waals surface area contributed by atoms with E-state index in [4.69, 9.17) is 0 Å². The number of benzene rings is 1. The molecule has 5 nitrogen and oxygen atoms in total. The number of rotatable bonds is 6. The van der Waals surface area contributed by atoms with E-state index in [1.165, 1.54) is 33.1 Å². The van der Waals surface area contributed by atoms with Crippen molar-refractivity contribution in [2.45, 2.75) is 12.7 Å². The van der Waals surface area contributed by atoms with Crippen molar-refractivity contribution in [2.75, 3.05) is 12.3 Å². The van der Waals surface area contributed by atoms with Crippen LogP contribution in [0.5, 0.6) is 0 Å².